The summed E-state index contributed by atoms with van der Waals surface area (Å²) in [5.74, 6) is 0.629. The number of benzene rings is 1. The average molecular weight is 310 g/mol. The van der Waals surface area contributed by atoms with Crippen molar-refractivity contribution in [1.29, 1.82) is 0 Å². The molecular weight excluding hydrogens is 288 g/mol. The maximum Gasteiger partial charge on any atom is 0.275 e. The van der Waals surface area contributed by atoms with E-state index in [2.05, 4.69) is 20.2 Å². The molecule has 0 saturated carbocycles. The van der Waals surface area contributed by atoms with Crippen LogP contribution in [0, 0.1) is 6.92 Å². The molecule has 0 atom stereocenters. The molecule has 1 aliphatic heterocycles. The number of hydrogen-bond acceptors (Lipinski definition) is 4. The maximum atomic E-state index is 12.2. The minimum Gasteiger partial charge on any atom is -0.355 e. The van der Waals surface area contributed by atoms with Crippen molar-refractivity contribution in [2.24, 2.45) is 0 Å². The Hall–Kier alpha value is -2.43. The highest BCUT2D eigenvalue weighted by Crippen LogP contribution is 2.17. The van der Waals surface area contributed by atoms with Gasteiger partial charge >= 0.3 is 0 Å². The van der Waals surface area contributed by atoms with Gasteiger partial charge in [0.25, 0.3) is 5.91 Å². The van der Waals surface area contributed by atoms with Crippen molar-refractivity contribution in [1.82, 2.24) is 9.97 Å². The number of amides is 1. The zero-order chi connectivity index (χ0) is 16.1. The van der Waals surface area contributed by atoms with Crippen LogP contribution in [0.25, 0.3) is 0 Å². The molecule has 2 aromatic rings. The standard InChI is InChI=1S/C18H22N4O/c1-14-7-6-8-15(11-14)21-18(23)16-12-20-17(13-19-16)22-9-4-2-3-5-10-22/h6-8,11-13H,2-5,9-10H2,1H3,(H,21,23). The van der Waals surface area contributed by atoms with Gasteiger partial charge in [0.1, 0.15) is 11.5 Å². The minimum absolute atomic E-state index is 0.231. The Kier molecular flexibility index (Phi) is 4.86. The summed E-state index contributed by atoms with van der Waals surface area (Å²) in [5.41, 5.74) is 2.21. The first kappa shape index (κ1) is 15.5. The zero-order valence-corrected chi connectivity index (χ0v) is 13.5. The van der Waals surface area contributed by atoms with Gasteiger partial charge in [-0.05, 0) is 37.5 Å². The molecular formula is C18H22N4O. The molecule has 0 radical (unpaired) electrons. The van der Waals surface area contributed by atoms with E-state index >= 15 is 0 Å². The van der Waals surface area contributed by atoms with Crippen LogP contribution >= 0.6 is 0 Å². The second-order valence-electron chi connectivity index (χ2n) is 5.98. The van der Waals surface area contributed by atoms with Crippen LogP contribution < -0.4 is 10.2 Å². The topological polar surface area (TPSA) is 58.1 Å². The second-order valence-corrected chi connectivity index (χ2v) is 5.98. The van der Waals surface area contributed by atoms with Gasteiger partial charge in [0.05, 0.1) is 12.4 Å². The van der Waals surface area contributed by atoms with Crippen molar-refractivity contribution in [3.05, 3.63) is 47.9 Å². The normalized spacial score (nSPS) is 15.1. The first-order chi connectivity index (χ1) is 11.2. The second kappa shape index (κ2) is 7.22. The summed E-state index contributed by atoms with van der Waals surface area (Å²) in [6.45, 7) is 4.03. The summed E-state index contributed by atoms with van der Waals surface area (Å²) in [7, 11) is 0. The molecule has 1 fully saturated rings. The molecule has 1 amide bonds. The number of hydrogen-bond donors (Lipinski definition) is 1. The highest BCUT2D eigenvalue weighted by atomic mass is 16.1. The van der Waals surface area contributed by atoms with E-state index in [0.717, 1.165) is 30.2 Å². The first-order valence-corrected chi connectivity index (χ1v) is 8.17. The van der Waals surface area contributed by atoms with E-state index in [0.29, 0.717) is 5.69 Å². The monoisotopic (exact) mass is 310 g/mol. The first-order valence-electron chi connectivity index (χ1n) is 8.17. The fraction of sp³-hybridized carbons (Fsp3) is 0.389. The summed E-state index contributed by atoms with van der Waals surface area (Å²) in [6.07, 6.45) is 8.21. The van der Waals surface area contributed by atoms with Gasteiger partial charge in [0.15, 0.2) is 0 Å². The maximum absolute atomic E-state index is 12.2. The molecule has 3 rings (SSSR count). The van der Waals surface area contributed by atoms with E-state index in [1.165, 1.54) is 25.7 Å². The number of rotatable bonds is 3. The molecule has 1 aromatic heterocycles. The summed E-state index contributed by atoms with van der Waals surface area (Å²) >= 11 is 0. The van der Waals surface area contributed by atoms with E-state index in [1.54, 1.807) is 12.4 Å². The molecule has 1 N–H and O–H groups in total. The number of carbonyl (C=O) groups excluding carboxylic acids is 1. The van der Waals surface area contributed by atoms with Gasteiger partial charge in [-0.25, -0.2) is 9.97 Å². The van der Waals surface area contributed by atoms with Crippen molar-refractivity contribution in [3.63, 3.8) is 0 Å². The number of aromatic nitrogens is 2. The van der Waals surface area contributed by atoms with Gasteiger partial charge < -0.3 is 10.2 Å². The summed E-state index contributed by atoms with van der Waals surface area (Å²) < 4.78 is 0. The number of anilines is 2. The average Bonchev–Trinajstić information content (AvgIpc) is 2.84. The van der Waals surface area contributed by atoms with E-state index in [-0.39, 0.29) is 5.91 Å². The van der Waals surface area contributed by atoms with Gasteiger partial charge in [0, 0.05) is 18.8 Å². The van der Waals surface area contributed by atoms with Crippen molar-refractivity contribution in [2.75, 3.05) is 23.3 Å². The Bertz CT molecular complexity index is 661. The number of carbonyl (C=O) groups is 1. The van der Waals surface area contributed by atoms with Crippen LogP contribution in [0.4, 0.5) is 11.5 Å². The molecule has 1 saturated heterocycles. The van der Waals surface area contributed by atoms with E-state index < -0.39 is 0 Å². The van der Waals surface area contributed by atoms with Crippen LogP contribution in [0.3, 0.4) is 0 Å². The molecule has 0 bridgehead atoms. The van der Waals surface area contributed by atoms with Gasteiger partial charge in [-0.15, -0.1) is 0 Å². The van der Waals surface area contributed by atoms with Gasteiger partial charge in [-0.2, -0.15) is 0 Å². The van der Waals surface area contributed by atoms with Crippen LogP contribution in [0.15, 0.2) is 36.7 Å². The number of aryl methyl sites for hydroxylation is 1. The van der Waals surface area contributed by atoms with Crippen molar-refractivity contribution in [3.8, 4) is 0 Å². The molecule has 5 heteroatoms. The minimum atomic E-state index is -0.231. The molecule has 23 heavy (non-hydrogen) atoms. The lowest BCUT2D eigenvalue weighted by atomic mass is 10.2. The van der Waals surface area contributed by atoms with Gasteiger partial charge in [-0.3, -0.25) is 4.79 Å². The molecule has 2 heterocycles. The predicted molar refractivity (Wildman–Crippen MR) is 91.8 cm³/mol. The van der Waals surface area contributed by atoms with E-state index in [9.17, 15) is 4.79 Å². The lowest BCUT2D eigenvalue weighted by Gasteiger charge is -2.20. The molecule has 0 unspecified atom stereocenters. The van der Waals surface area contributed by atoms with Crippen LogP contribution in [-0.4, -0.2) is 29.0 Å². The Labute approximate surface area is 136 Å². The molecule has 5 nitrogen and oxygen atoms in total. The Balaban J connectivity index is 1.67. The highest BCUT2D eigenvalue weighted by molar-refractivity contribution is 6.02. The molecule has 0 aliphatic carbocycles. The quantitative estimate of drug-likeness (QED) is 0.943. The fourth-order valence-electron chi connectivity index (χ4n) is 2.82. The summed E-state index contributed by atoms with van der Waals surface area (Å²) in [5, 5.41) is 2.85. The Morgan fingerprint density at radius 3 is 2.52 bits per heavy atom. The van der Waals surface area contributed by atoms with Crippen LogP contribution in [-0.2, 0) is 0 Å². The van der Waals surface area contributed by atoms with Crippen molar-refractivity contribution in [2.45, 2.75) is 32.6 Å². The zero-order valence-electron chi connectivity index (χ0n) is 13.5. The Morgan fingerprint density at radius 2 is 1.87 bits per heavy atom. The molecule has 120 valence electrons. The molecule has 0 spiro atoms. The van der Waals surface area contributed by atoms with Crippen LogP contribution in [0.1, 0.15) is 41.7 Å². The van der Waals surface area contributed by atoms with Gasteiger partial charge in [-0.1, -0.05) is 25.0 Å². The van der Waals surface area contributed by atoms with Crippen LogP contribution in [0.2, 0.25) is 0 Å². The highest BCUT2D eigenvalue weighted by Gasteiger charge is 2.13. The van der Waals surface area contributed by atoms with E-state index in [4.69, 9.17) is 0 Å². The third kappa shape index (κ3) is 4.06. The molecule has 1 aliphatic rings. The predicted octanol–water partition coefficient (Wildman–Crippen LogP) is 3.42. The fourth-order valence-corrected chi connectivity index (χ4v) is 2.82. The van der Waals surface area contributed by atoms with E-state index in [1.807, 2.05) is 31.2 Å². The summed E-state index contributed by atoms with van der Waals surface area (Å²) in [6, 6.07) is 7.70. The van der Waals surface area contributed by atoms with Gasteiger partial charge in [0.2, 0.25) is 0 Å². The number of nitrogens with zero attached hydrogens (tertiary/aromatic N) is 3. The lowest BCUT2D eigenvalue weighted by molar-refractivity contribution is 0.102. The van der Waals surface area contributed by atoms with Crippen LogP contribution in [0.5, 0.6) is 0 Å². The third-order valence-corrected chi connectivity index (χ3v) is 4.08. The largest absolute Gasteiger partial charge is 0.355 e. The SMILES string of the molecule is Cc1cccc(NC(=O)c2cnc(N3CCCCCC3)cn2)c1. The Morgan fingerprint density at radius 1 is 1.09 bits per heavy atom. The van der Waals surface area contributed by atoms with Crippen molar-refractivity contribution < 1.29 is 4.79 Å². The van der Waals surface area contributed by atoms with Crippen molar-refractivity contribution >= 4 is 17.4 Å². The smallest absolute Gasteiger partial charge is 0.275 e. The summed E-state index contributed by atoms with van der Waals surface area (Å²) in [4.78, 5) is 23.2. The lowest BCUT2D eigenvalue weighted by Crippen LogP contribution is -2.25. The molecule has 1 aromatic carbocycles. The third-order valence-electron chi connectivity index (χ3n) is 4.08. The number of nitrogens with one attached hydrogen (secondary N) is 1.